The molecule has 0 aliphatic carbocycles. The SMILES string of the molecule is CCCCc1ccc(OCc2csc(N)n2)cc1. The van der Waals surface area contributed by atoms with Crippen molar-refractivity contribution >= 4 is 16.5 Å². The van der Waals surface area contributed by atoms with E-state index in [1.807, 2.05) is 17.5 Å². The third-order valence-electron chi connectivity index (χ3n) is 2.70. The summed E-state index contributed by atoms with van der Waals surface area (Å²) in [6.45, 7) is 2.68. The van der Waals surface area contributed by atoms with Crippen LogP contribution in [0.1, 0.15) is 31.0 Å². The zero-order valence-corrected chi connectivity index (χ0v) is 11.4. The van der Waals surface area contributed by atoms with Gasteiger partial charge in [0.25, 0.3) is 0 Å². The number of hydrogen-bond donors (Lipinski definition) is 1. The second-order valence-electron chi connectivity index (χ2n) is 4.21. The zero-order valence-electron chi connectivity index (χ0n) is 10.6. The molecule has 0 fully saturated rings. The molecule has 3 nitrogen and oxygen atoms in total. The molecular weight excluding hydrogens is 244 g/mol. The Morgan fingerprint density at radius 2 is 2.06 bits per heavy atom. The van der Waals surface area contributed by atoms with Gasteiger partial charge < -0.3 is 10.5 Å². The molecule has 1 aromatic heterocycles. The van der Waals surface area contributed by atoms with E-state index in [9.17, 15) is 0 Å². The largest absolute Gasteiger partial charge is 0.487 e. The van der Waals surface area contributed by atoms with Crippen LogP contribution >= 0.6 is 11.3 Å². The Morgan fingerprint density at radius 3 is 2.67 bits per heavy atom. The lowest BCUT2D eigenvalue weighted by Gasteiger charge is -2.05. The van der Waals surface area contributed by atoms with Gasteiger partial charge in [-0.05, 0) is 30.5 Å². The first-order chi connectivity index (χ1) is 8.78. The molecule has 96 valence electrons. The molecule has 2 N–H and O–H groups in total. The second kappa shape index (κ2) is 6.40. The van der Waals surface area contributed by atoms with E-state index >= 15 is 0 Å². The van der Waals surface area contributed by atoms with Crippen molar-refractivity contribution in [2.75, 3.05) is 5.73 Å². The number of ether oxygens (including phenoxy) is 1. The Morgan fingerprint density at radius 1 is 1.28 bits per heavy atom. The highest BCUT2D eigenvalue weighted by molar-refractivity contribution is 7.13. The van der Waals surface area contributed by atoms with Crippen LogP contribution in [0.2, 0.25) is 0 Å². The number of aryl methyl sites for hydroxylation is 1. The first kappa shape index (κ1) is 12.9. The summed E-state index contributed by atoms with van der Waals surface area (Å²) in [7, 11) is 0. The summed E-state index contributed by atoms with van der Waals surface area (Å²) in [5.74, 6) is 0.877. The third-order valence-corrected chi connectivity index (χ3v) is 3.42. The Hall–Kier alpha value is -1.55. The smallest absolute Gasteiger partial charge is 0.180 e. The van der Waals surface area contributed by atoms with Crippen LogP contribution in [0.3, 0.4) is 0 Å². The van der Waals surface area contributed by atoms with E-state index in [4.69, 9.17) is 10.5 Å². The number of hydrogen-bond acceptors (Lipinski definition) is 4. The van der Waals surface area contributed by atoms with Gasteiger partial charge in [0.2, 0.25) is 0 Å². The van der Waals surface area contributed by atoms with Crippen LogP contribution in [0.5, 0.6) is 5.75 Å². The number of unbranched alkanes of at least 4 members (excludes halogenated alkanes) is 1. The molecule has 0 amide bonds. The molecular formula is C14H18N2OS. The molecule has 0 saturated heterocycles. The highest BCUT2D eigenvalue weighted by Crippen LogP contribution is 2.17. The molecule has 18 heavy (non-hydrogen) atoms. The quantitative estimate of drug-likeness (QED) is 0.864. The van der Waals surface area contributed by atoms with E-state index in [0.717, 1.165) is 17.9 Å². The number of aromatic nitrogens is 1. The fourth-order valence-electron chi connectivity index (χ4n) is 1.68. The number of nitrogen functional groups attached to an aromatic ring is 1. The minimum atomic E-state index is 0.474. The Balaban J connectivity index is 1.86. The number of rotatable bonds is 6. The standard InChI is InChI=1S/C14H18N2OS/c1-2-3-4-11-5-7-13(8-6-11)17-9-12-10-18-14(15)16-12/h5-8,10H,2-4,9H2,1H3,(H2,15,16). The zero-order chi connectivity index (χ0) is 12.8. The lowest BCUT2D eigenvalue weighted by atomic mass is 10.1. The summed E-state index contributed by atoms with van der Waals surface area (Å²) in [6.07, 6.45) is 3.60. The topological polar surface area (TPSA) is 48.1 Å². The molecule has 0 spiro atoms. The van der Waals surface area contributed by atoms with Crippen LogP contribution in [0.25, 0.3) is 0 Å². The highest BCUT2D eigenvalue weighted by Gasteiger charge is 2.00. The van der Waals surface area contributed by atoms with Gasteiger partial charge in [0, 0.05) is 5.38 Å². The minimum absolute atomic E-state index is 0.474. The van der Waals surface area contributed by atoms with Gasteiger partial charge in [-0.15, -0.1) is 11.3 Å². The van der Waals surface area contributed by atoms with E-state index in [-0.39, 0.29) is 0 Å². The van der Waals surface area contributed by atoms with E-state index in [0.29, 0.717) is 11.7 Å². The van der Waals surface area contributed by atoms with Crippen LogP contribution in [0.15, 0.2) is 29.6 Å². The van der Waals surface area contributed by atoms with Crippen molar-refractivity contribution in [3.8, 4) is 5.75 Å². The molecule has 0 radical (unpaired) electrons. The van der Waals surface area contributed by atoms with Crippen LogP contribution in [0, 0.1) is 0 Å². The number of nitrogens with zero attached hydrogens (tertiary/aromatic N) is 1. The van der Waals surface area contributed by atoms with E-state index in [2.05, 4.69) is 24.0 Å². The molecule has 1 heterocycles. The molecule has 0 aliphatic heterocycles. The van der Waals surface area contributed by atoms with Gasteiger partial charge in [0.15, 0.2) is 5.13 Å². The van der Waals surface area contributed by atoms with Crippen LogP contribution in [-0.4, -0.2) is 4.98 Å². The molecule has 0 unspecified atom stereocenters. The lowest BCUT2D eigenvalue weighted by Crippen LogP contribution is -1.96. The highest BCUT2D eigenvalue weighted by atomic mass is 32.1. The van der Waals surface area contributed by atoms with Crippen molar-refractivity contribution in [1.29, 1.82) is 0 Å². The monoisotopic (exact) mass is 262 g/mol. The summed E-state index contributed by atoms with van der Waals surface area (Å²) in [4.78, 5) is 4.16. The number of benzene rings is 1. The average Bonchev–Trinajstić information content (AvgIpc) is 2.81. The fraction of sp³-hybridized carbons (Fsp3) is 0.357. The van der Waals surface area contributed by atoms with Crippen molar-refractivity contribution in [1.82, 2.24) is 4.98 Å². The number of anilines is 1. The Kier molecular flexibility index (Phi) is 4.59. The normalized spacial score (nSPS) is 10.5. The molecule has 2 rings (SSSR count). The van der Waals surface area contributed by atoms with Gasteiger partial charge >= 0.3 is 0 Å². The van der Waals surface area contributed by atoms with Crippen LogP contribution in [0.4, 0.5) is 5.13 Å². The lowest BCUT2D eigenvalue weighted by molar-refractivity contribution is 0.302. The predicted molar refractivity (Wildman–Crippen MR) is 75.9 cm³/mol. The fourth-order valence-corrected chi connectivity index (χ4v) is 2.23. The Bertz CT molecular complexity index is 479. The molecule has 0 bridgehead atoms. The maximum absolute atomic E-state index is 5.65. The van der Waals surface area contributed by atoms with E-state index < -0.39 is 0 Å². The third kappa shape index (κ3) is 3.74. The summed E-state index contributed by atoms with van der Waals surface area (Å²) in [5.41, 5.74) is 7.81. The predicted octanol–water partition coefficient (Wildman–Crippen LogP) is 3.65. The number of thiazole rings is 1. The van der Waals surface area contributed by atoms with Crippen molar-refractivity contribution in [3.05, 3.63) is 40.9 Å². The van der Waals surface area contributed by atoms with Crippen molar-refractivity contribution in [3.63, 3.8) is 0 Å². The van der Waals surface area contributed by atoms with Gasteiger partial charge in [0.1, 0.15) is 12.4 Å². The van der Waals surface area contributed by atoms with Gasteiger partial charge in [-0.25, -0.2) is 4.98 Å². The van der Waals surface area contributed by atoms with Crippen LogP contribution < -0.4 is 10.5 Å². The van der Waals surface area contributed by atoms with Gasteiger partial charge in [-0.3, -0.25) is 0 Å². The maximum atomic E-state index is 5.65. The first-order valence-electron chi connectivity index (χ1n) is 6.19. The molecule has 1 aromatic carbocycles. The molecule has 0 aliphatic rings. The minimum Gasteiger partial charge on any atom is -0.487 e. The first-order valence-corrected chi connectivity index (χ1v) is 7.07. The van der Waals surface area contributed by atoms with E-state index in [1.54, 1.807) is 0 Å². The van der Waals surface area contributed by atoms with Crippen molar-refractivity contribution in [2.24, 2.45) is 0 Å². The molecule has 0 saturated carbocycles. The molecule has 4 heteroatoms. The van der Waals surface area contributed by atoms with Gasteiger partial charge in [-0.2, -0.15) is 0 Å². The molecule has 2 aromatic rings. The molecule has 0 atom stereocenters. The summed E-state index contributed by atoms with van der Waals surface area (Å²) < 4.78 is 5.65. The number of nitrogens with two attached hydrogens (primary N) is 1. The van der Waals surface area contributed by atoms with Gasteiger partial charge in [0.05, 0.1) is 5.69 Å². The Labute approximate surface area is 112 Å². The van der Waals surface area contributed by atoms with E-state index in [1.165, 1.54) is 29.7 Å². The maximum Gasteiger partial charge on any atom is 0.180 e. The average molecular weight is 262 g/mol. The van der Waals surface area contributed by atoms with Crippen molar-refractivity contribution < 1.29 is 4.74 Å². The second-order valence-corrected chi connectivity index (χ2v) is 5.10. The van der Waals surface area contributed by atoms with Crippen LogP contribution in [-0.2, 0) is 13.0 Å². The summed E-state index contributed by atoms with van der Waals surface area (Å²) in [5, 5.41) is 2.51. The van der Waals surface area contributed by atoms with Gasteiger partial charge in [-0.1, -0.05) is 25.5 Å². The van der Waals surface area contributed by atoms with Crippen molar-refractivity contribution in [2.45, 2.75) is 32.8 Å². The summed E-state index contributed by atoms with van der Waals surface area (Å²) in [6, 6.07) is 8.28. The summed E-state index contributed by atoms with van der Waals surface area (Å²) >= 11 is 1.44.